The number of nitrogen functional groups attached to an aromatic ring is 1. The van der Waals surface area contributed by atoms with Gasteiger partial charge in [-0.3, -0.25) is 9.36 Å². The van der Waals surface area contributed by atoms with Crippen molar-refractivity contribution in [2.24, 2.45) is 0 Å². The third-order valence-electron chi connectivity index (χ3n) is 3.01. The number of hydrogen-bond donors (Lipinski definition) is 3. The molecule has 0 bridgehead atoms. The van der Waals surface area contributed by atoms with E-state index in [1.54, 1.807) is 22.9 Å². The highest BCUT2D eigenvalue weighted by Gasteiger charge is 2.07. The molecular formula is C14H18N4OS. The maximum absolute atomic E-state index is 11.9. The molecule has 0 aliphatic heterocycles. The maximum Gasteiger partial charge on any atom is 0.251 e. The zero-order valence-electron chi connectivity index (χ0n) is 11.3. The Morgan fingerprint density at radius 3 is 2.65 bits per heavy atom. The molecule has 1 aromatic heterocycles. The van der Waals surface area contributed by atoms with Crippen molar-refractivity contribution in [3.05, 3.63) is 40.8 Å². The predicted octanol–water partition coefficient (Wildman–Crippen LogP) is 2.65. The van der Waals surface area contributed by atoms with Gasteiger partial charge in [0.15, 0.2) is 4.77 Å². The van der Waals surface area contributed by atoms with Gasteiger partial charge in [-0.05, 0) is 42.9 Å². The minimum atomic E-state index is -0.0596. The Kier molecular flexibility index (Phi) is 4.57. The van der Waals surface area contributed by atoms with Crippen molar-refractivity contribution in [3.63, 3.8) is 0 Å². The lowest BCUT2D eigenvalue weighted by atomic mass is 10.2. The van der Waals surface area contributed by atoms with E-state index in [1.165, 1.54) is 0 Å². The van der Waals surface area contributed by atoms with Crippen LogP contribution in [0.2, 0.25) is 0 Å². The molecule has 0 spiro atoms. The topological polar surface area (TPSA) is 75.8 Å². The number of imidazole rings is 1. The highest BCUT2D eigenvalue weighted by Crippen LogP contribution is 2.15. The van der Waals surface area contributed by atoms with Crippen LogP contribution in [0.3, 0.4) is 0 Å². The quantitative estimate of drug-likeness (QED) is 0.585. The first-order valence-corrected chi connectivity index (χ1v) is 6.99. The summed E-state index contributed by atoms with van der Waals surface area (Å²) in [7, 11) is 0. The van der Waals surface area contributed by atoms with Crippen molar-refractivity contribution in [2.45, 2.75) is 19.8 Å². The summed E-state index contributed by atoms with van der Waals surface area (Å²) in [5.41, 5.74) is 7.30. The number of carbonyl (C=O) groups is 1. The van der Waals surface area contributed by atoms with Crippen molar-refractivity contribution in [3.8, 4) is 5.69 Å². The molecule has 2 rings (SSSR count). The van der Waals surface area contributed by atoms with Gasteiger partial charge in [0.25, 0.3) is 5.91 Å². The number of nitrogens with zero attached hydrogens (tertiary/aromatic N) is 1. The van der Waals surface area contributed by atoms with Gasteiger partial charge in [0.1, 0.15) is 5.82 Å². The van der Waals surface area contributed by atoms with E-state index < -0.39 is 0 Å². The molecule has 0 radical (unpaired) electrons. The first-order valence-electron chi connectivity index (χ1n) is 6.58. The number of unbranched alkanes of at least 4 members (excludes halogenated alkanes) is 1. The van der Waals surface area contributed by atoms with E-state index in [0.717, 1.165) is 18.5 Å². The average Bonchev–Trinajstić information content (AvgIpc) is 2.78. The number of rotatable bonds is 5. The average molecular weight is 290 g/mol. The zero-order valence-corrected chi connectivity index (χ0v) is 12.2. The lowest BCUT2D eigenvalue weighted by Gasteiger charge is -2.07. The maximum atomic E-state index is 11.9. The summed E-state index contributed by atoms with van der Waals surface area (Å²) in [6.45, 7) is 2.79. The second-order valence-electron chi connectivity index (χ2n) is 4.51. The molecule has 0 aliphatic rings. The van der Waals surface area contributed by atoms with Crippen LogP contribution in [0, 0.1) is 4.77 Å². The van der Waals surface area contributed by atoms with Crippen LogP contribution in [-0.4, -0.2) is 22.0 Å². The number of carbonyl (C=O) groups excluding carboxylic acids is 1. The number of aromatic nitrogens is 2. The molecule has 0 aliphatic carbocycles. The van der Waals surface area contributed by atoms with Gasteiger partial charge < -0.3 is 16.0 Å². The number of hydrogen-bond acceptors (Lipinski definition) is 3. The predicted molar refractivity (Wildman–Crippen MR) is 82.6 cm³/mol. The summed E-state index contributed by atoms with van der Waals surface area (Å²) < 4.78 is 2.25. The highest BCUT2D eigenvalue weighted by atomic mass is 32.1. The second kappa shape index (κ2) is 6.38. The largest absolute Gasteiger partial charge is 0.384 e. The van der Waals surface area contributed by atoms with Crippen molar-refractivity contribution >= 4 is 23.9 Å². The van der Waals surface area contributed by atoms with Crippen LogP contribution in [-0.2, 0) is 0 Å². The van der Waals surface area contributed by atoms with Gasteiger partial charge in [-0.25, -0.2) is 0 Å². The Morgan fingerprint density at radius 1 is 1.40 bits per heavy atom. The molecular weight excluding hydrogens is 272 g/mol. The third-order valence-corrected chi connectivity index (χ3v) is 3.31. The van der Waals surface area contributed by atoms with E-state index in [1.807, 2.05) is 12.1 Å². The van der Waals surface area contributed by atoms with Crippen LogP contribution < -0.4 is 11.1 Å². The monoisotopic (exact) mass is 290 g/mol. The summed E-state index contributed by atoms with van der Waals surface area (Å²) in [5.74, 6) is 0.478. The number of anilines is 1. The molecule has 106 valence electrons. The van der Waals surface area contributed by atoms with Crippen LogP contribution in [0.4, 0.5) is 5.82 Å². The van der Waals surface area contributed by atoms with Crippen LogP contribution in [0.1, 0.15) is 30.1 Å². The summed E-state index contributed by atoms with van der Waals surface area (Å²) in [6, 6.07) is 7.19. The summed E-state index contributed by atoms with van der Waals surface area (Å²) in [6.07, 6.45) is 3.69. The molecule has 0 saturated heterocycles. The zero-order chi connectivity index (χ0) is 14.5. The third kappa shape index (κ3) is 3.08. The number of aromatic amines is 1. The number of benzene rings is 1. The van der Waals surface area contributed by atoms with Crippen molar-refractivity contribution in [1.29, 1.82) is 0 Å². The molecule has 20 heavy (non-hydrogen) atoms. The smallest absolute Gasteiger partial charge is 0.251 e. The Morgan fingerprint density at radius 2 is 2.10 bits per heavy atom. The Hall–Kier alpha value is -2.08. The molecule has 2 aromatic rings. The highest BCUT2D eigenvalue weighted by molar-refractivity contribution is 7.71. The standard InChI is InChI=1S/C14H18N4OS/c1-2-3-8-16-13(19)10-4-6-11(7-5-10)18-12(15)9-17-14(18)20/h4-7,9H,2-3,8,15H2,1H3,(H,16,19)(H,17,20). The number of H-pyrrole nitrogens is 1. The minimum Gasteiger partial charge on any atom is -0.384 e. The van der Waals surface area contributed by atoms with Crippen LogP contribution in [0.5, 0.6) is 0 Å². The Labute approximate surface area is 122 Å². The van der Waals surface area contributed by atoms with Gasteiger partial charge in [-0.1, -0.05) is 13.3 Å². The van der Waals surface area contributed by atoms with Gasteiger partial charge in [0, 0.05) is 24.0 Å². The van der Waals surface area contributed by atoms with Gasteiger partial charge in [0.2, 0.25) is 0 Å². The van der Waals surface area contributed by atoms with E-state index in [0.29, 0.717) is 22.7 Å². The fraction of sp³-hybridized carbons (Fsp3) is 0.286. The normalized spacial score (nSPS) is 10.4. The number of amides is 1. The van der Waals surface area contributed by atoms with Gasteiger partial charge in [-0.15, -0.1) is 0 Å². The molecule has 4 N–H and O–H groups in total. The summed E-state index contributed by atoms with van der Waals surface area (Å²) >= 11 is 5.16. The number of nitrogens with one attached hydrogen (secondary N) is 2. The molecule has 1 amide bonds. The molecule has 5 nitrogen and oxygen atoms in total. The van der Waals surface area contributed by atoms with E-state index in [-0.39, 0.29) is 5.91 Å². The van der Waals surface area contributed by atoms with Crippen molar-refractivity contribution in [1.82, 2.24) is 14.9 Å². The van der Waals surface area contributed by atoms with Gasteiger partial charge in [-0.2, -0.15) is 0 Å². The first kappa shape index (κ1) is 14.3. The van der Waals surface area contributed by atoms with E-state index in [4.69, 9.17) is 18.0 Å². The van der Waals surface area contributed by atoms with Gasteiger partial charge in [0.05, 0.1) is 0 Å². The number of nitrogens with two attached hydrogens (primary N) is 1. The Balaban J connectivity index is 2.14. The summed E-state index contributed by atoms with van der Waals surface area (Å²) in [4.78, 5) is 14.8. The molecule has 0 fully saturated rings. The van der Waals surface area contributed by atoms with Gasteiger partial charge >= 0.3 is 0 Å². The Bertz CT molecular complexity index is 642. The second-order valence-corrected chi connectivity index (χ2v) is 4.90. The van der Waals surface area contributed by atoms with Crippen molar-refractivity contribution in [2.75, 3.05) is 12.3 Å². The SMILES string of the molecule is CCCCNC(=O)c1ccc(-n2c(N)c[nH]c2=S)cc1. The van der Waals surface area contributed by atoms with E-state index >= 15 is 0 Å². The lowest BCUT2D eigenvalue weighted by Crippen LogP contribution is -2.24. The fourth-order valence-corrected chi connectivity index (χ4v) is 2.16. The molecule has 1 aromatic carbocycles. The first-order chi connectivity index (χ1) is 9.63. The molecule has 0 atom stereocenters. The van der Waals surface area contributed by atoms with E-state index in [2.05, 4.69) is 17.2 Å². The molecule has 1 heterocycles. The van der Waals surface area contributed by atoms with E-state index in [9.17, 15) is 4.79 Å². The molecule has 0 unspecified atom stereocenters. The van der Waals surface area contributed by atoms with Crippen LogP contribution >= 0.6 is 12.2 Å². The lowest BCUT2D eigenvalue weighted by molar-refractivity contribution is 0.0953. The molecule has 0 saturated carbocycles. The van der Waals surface area contributed by atoms with Crippen LogP contribution in [0.15, 0.2) is 30.5 Å². The van der Waals surface area contributed by atoms with Crippen molar-refractivity contribution < 1.29 is 4.79 Å². The summed E-state index contributed by atoms with van der Waals surface area (Å²) in [5, 5.41) is 2.88. The molecule has 6 heteroatoms. The van der Waals surface area contributed by atoms with Crippen LogP contribution in [0.25, 0.3) is 5.69 Å². The fourth-order valence-electron chi connectivity index (χ4n) is 1.89. The minimum absolute atomic E-state index is 0.0596.